The second-order valence-corrected chi connectivity index (χ2v) is 6.36. The van der Waals surface area contributed by atoms with Crippen molar-refractivity contribution in [2.75, 3.05) is 5.73 Å². The van der Waals surface area contributed by atoms with Gasteiger partial charge >= 0.3 is 0 Å². The van der Waals surface area contributed by atoms with Gasteiger partial charge in [0.15, 0.2) is 0 Å². The summed E-state index contributed by atoms with van der Waals surface area (Å²) in [6.45, 7) is 0. The number of nitrogens with one attached hydrogen (secondary N) is 2. The quantitative estimate of drug-likeness (QED) is 0.629. The van der Waals surface area contributed by atoms with Crippen LogP contribution in [0.3, 0.4) is 0 Å². The molecule has 112 valence electrons. The molecule has 1 heterocycles. The van der Waals surface area contributed by atoms with Crippen molar-refractivity contribution in [2.24, 2.45) is 0 Å². The fourth-order valence-electron chi connectivity index (χ4n) is 1.97. The SMILES string of the molecule is Nc1ccc(S(=O)(=O)NC(=O)c2ccc3cn[nH]c3c2)cc1. The largest absolute Gasteiger partial charge is 0.399 e. The van der Waals surface area contributed by atoms with E-state index < -0.39 is 15.9 Å². The van der Waals surface area contributed by atoms with Crippen molar-refractivity contribution in [1.82, 2.24) is 14.9 Å². The average molecular weight is 316 g/mol. The Morgan fingerprint density at radius 3 is 2.59 bits per heavy atom. The number of aromatic nitrogens is 2. The zero-order valence-corrected chi connectivity index (χ0v) is 12.1. The summed E-state index contributed by atoms with van der Waals surface area (Å²) in [5.74, 6) is -0.715. The minimum atomic E-state index is -3.95. The standard InChI is InChI=1S/C14H12N4O3S/c15-11-3-5-12(6-4-11)22(20,21)18-14(19)9-1-2-10-8-16-17-13(10)7-9/h1-8H,15H2,(H,16,17)(H,18,19). The van der Waals surface area contributed by atoms with E-state index in [1.165, 1.54) is 36.4 Å². The van der Waals surface area contributed by atoms with Gasteiger partial charge in [-0.15, -0.1) is 0 Å². The van der Waals surface area contributed by atoms with E-state index in [1.807, 2.05) is 4.72 Å². The molecule has 3 aromatic rings. The summed E-state index contributed by atoms with van der Waals surface area (Å²) >= 11 is 0. The fourth-order valence-corrected chi connectivity index (χ4v) is 2.94. The molecule has 3 rings (SSSR count). The first-order chi connectivity index (χ1) is 10.5. The summed E-state index contributed by atoms with van der Waals surface area (Å²) in [6, 6.07) is 10.3. The van der Waals surface area contributed by atoms with Crippen molar-refractivity contribution < 1.29 is 13.2 Å². The van der Waals surface area contributed by atoms with E-state index in [4.69, 9.17) is 5.73 Å². The summed E-state index contributed by atoms with van der Waals surface area (Å²) in [4.78, 5) is 12.1. The van der Waals surface area contributed by atoms with Gasteiger partial charge in [0.05, 0.1) is 16.6 Å². The highest BCUT2D eigenvalue weighted by Gasteiger charge is 2.18. The van der Waals surface area contributed by atoms with E-state index in [2.05, 4.69) is 10.2 Å². The summed E-state index contributed by atoms with van der Waals surface area (Å²) in [7, 11) is -3.95. The van der Waals surface area contributed by atoms with Crippen LogP contribution in [0.5, 0.6) is 0 Å². The van der Waals surface area contributed by atoms with E-state index >= 15 is 0 Å². The third-order valence-corrected chi connectivity index (χ3v) is 4.47. The fraction of sp³-hybridized carbons (Fsp3) is 0. The molecule has 7 nitrogen and oxygen atoms in total. The third kappa shape index (κ3) is 2.63. The van der Waals surface area contributed by atoms with Crippen LogP contribution in [-0.4, -0.2) is 24.5 Å². The Hall–Kier alpha value is -2.87. The van der Waals surface area contributed by atoms with Gasteiger partial charge in [0, 0.05) is 16.6 Å². The van der Waals surface area contributed by atoms with Gasteiger partial charge in [-0.25, -0.2) is 13.1 Å². The molecule has 0 radical (unpaired) electrons. The molecule has 0 atom stereocenters. The molecular formula is C14H12N4O3S. The number of aromatic amines is 1. The first-order valence-corrected chi connectivity index (χ1v) is 7.80. The van der Waals surface area contributed by atoms with Gasteiger partial charge in [0.1, 0.15) is 0 Å². The van der Waals surface area contributed by atoms with Crippen molar-refractivity contribution in [2.45, 2.75) is 4.90 Å². The van der Waals surface area contributed by atoms with Gasteiger partial charge < -0.3 is 5.73 Å². The zero-order chi connectivity index (χ0) is 15.7. The number of H-pyrrole nitrogens is 1. The number of sulfonamides is 1. The maximum atomic E-state index is 12.1. The number of nitrogens with two attached hydrogens (primary N) is 1. The van der Waals surface area contributed by atoms with Crippen LogP contribution in [0.1, 0.15) is 10.4 Å². The number of rotatable bonds is 3. The smallest absolute Gasteiger partial charge is 0.265 e. The van der Waals surface area contributed by atoms with Crippen molar-refractivity contribution in [3.63, 3.8) is 0 Å². The number of carbonyl (C=O) groups is 1. The highest BCUT2D eigenvalue weighted by atomic mass is 32.2. The maximum Gasteiger partial charge on any atom is 0.265 e. The number of fused-ring (bicyclic) bond motifs is 1. The van der Waals surface area contributed by atoms with E-state index in [0.717, 1.165) is 5.39 Å². The number of hydrogen-bond donors (Lipinski definition) is 3. The molecule has 0 bridgehead atoms. The van der Waals surface area contributed by atoms with Gasteiger partial charge in [-0.3, -0.25) is 9.89 Å². The van der Waals surface area contributed by atoms with Crippen LogP contribution in [0.4, 0.5) is 5.69 Å². The predicted octanol–water partition coefficient (Wildman–Crippen LogP) is 1.26. The van der Waals surface area contributed by atoms with Gasteiger partial charge in [-0.05, 0) is 36.4 Å². The van der Waals surface area contributed by atoms with Crippen LogP contribution in [0, 0.1) is 0 Å². The lowest BCUT2D eigenvalue weighted by atomic mass is 10.1. The van der Waals surface area contributed by atoms with Crippen molar-refractivity contribution >= 4 is 32.5 Å². The summed E-state index contributed by atoms with van der Waals surface area (Å²) in [5.41, 5.74) is 6.82. The molecule has 1 aromatic heterocycles. The Kier molecular flexibility index (Phi) is 3.30. The molecular weight excluding hydrogens is 304 g/mol. The molecule has 0 aliphatic carbocycles. The van der Waals surface area contributed by atoms with Gasteiger partial charge in [-0.1, -0.05) is 6.07 Å². The predicted molar refractivity (Wildman–Crippen MR) is 81.6 cm³/mol. The molecule has 22 heavy (non-hydrogen) atoms. The number of anilines is 1. The molecule has 0 saturated carbocycles. The molecule has 1 amide bonds. The van der Waals surface area contributed by atoms with Crippen molar-refractivity contribution in [1.29, 1.82) is 0 Å². The second kappa shape index (κ2) is 5.15. The van der Waals surface area contributed by atoms with Crippen molar-refractivity contribution in [3.05, 3.63) is 54.2 Å². The Morgan fingerprint density at radius 1 is 1.14 bits per heavy atom. The summed E-state index contributed by atoms with van der Waals surface area (Å²) < 4.78 is 26.3. The van der Waals surface area contributed by atoms with Crippen LogP contribution in [0.15, 0.2) is 53.6 Å². The first-order valence-electron chi connectivity index (χ1n) is 6.31. The maximum absolute atomic E-state index is 12.1. The molecule has 0 aliphatic rings. The summed E-state index contributed by atoms with van der Waals surface area (Å²) in [6.07, 6.45) is 1.61. The second-order valence-electron chi connectivity index (χ2n) is 4.68. The molecule has 0 fully saturated rings. The monoisotopic (exact) mass is 316 g/mol. The number of carbonyl (C=O) groups excluding carboxylic acids is 1. The number of nitrogens with zero attached hydrogens (tertiary/aromatic N) is 1. The van der Waals surface area contributed by atoms with Crippen LogP contribution < -0.4 is 10.5 Å². The molecule has 0 unspecified atom stereocenters. The minimum absolute atomic E-state index is 0.0299. The zero-order valence-electron chi connectivity index (χ0n) is 11.3. The number of nitrogen functional groups attached to an aromatic ring is 1. The molecule has 0 aliphatic heterocycles. The van der Waals surface area contributed by atoms with Gasteiger partial charge in [0.25, 0.3) is 15.9 Å². The lowest BCUT2D eigenvalue weighted by Crippen LogP contribution is -2.30. The van der Waals surface area contributed by atoms with E-state index in [-0.39, 0.29) is 10.5 Å². The topological polar surface area (TPSA) is 118 Å². The van der Waals surface area contributed by atoms with E-state index in [0.29, 0.717) is 11.2 Å². The average Bonchev–Trinajstić information content (AvgIpc) is 2.94. The van der Waals surface area contributed by atoms with Gasteiger partial charge in [0.2, 0.25) is 0 Å². The van der Waals surface area contributed by atoms with Crippen molar-refractivity contribution in [3.8, 4) is 0 Å². The first kappa shape index (κ1) is 14.1. The minimum Gasteiger partial charge on any atom is -0.399 e. The normalized spacial score (nSPS) is 11.5. The lowest BCUT2D eigenvalue weighted by molar-refractivity contribution is 0.0981. The van der Waals surface area contributed by atoms with Crippen LogP contribution in [-0.2, 0) is 10.0 Å². The van der Waals surface area contributed by atoms with Crippen LogP contribution in [0.25, 0.3) is 10.9 Å². The molecule has 0 spiro atoms. The Bertz CT molecular complexity index is 946. The van der Waals surface area contributed by atoms with E-state index in [1.54, 1.807) is 12.3 Å². The Labute approximate surface area is 126 Å². The highest BCUT2D eigenvalue weighted by molar-refractivity contribution is 7.90. The van der Waals surface area contributed by atoms with Crippen LogP contribution in [0.2, 0.25) is 0 Å². The number of amides is 1. The molecule has 0 saturated heterocycles. The van der Waals surface area contributed by atoms with E-state index in [9.17, 15) is 13.2 Å². The van der Waals surface area contributed by atoms with Gasteiger partial charge in [-0.2, -0.15) is 5.10 Å². The molecule has 4 N–H and O–H groups in total. The number of benzene rings is 2. The van der Waals surface area contributed by atoms with Crippen LogP contribution >= 0.6 is 0 Å². The summed E-state index contributed by atoms with van der Waals surface area (Å²) in [5, 5.41) is 7.40. The Morgan fingerprint density at radius 2 is 1.86 bits per heavy atom. The highest BCUT2D eigenvalue weighted by Crippen LogP contribution is 2.15. The molecule has 2 aromatic carbocycles. The third-order valence-electron chi connectivity index (χ3n) is 3.12. The molecule has 8 heteroatoms. The lowest BCUT2D eigenvalue weighted by Gasteiger charge is -2.07. The Balaban J connectivity index is 1.87. The number of hydrogen-bond acceptors (Lipinski definition) is 5.